The van der Waals surface area contributed by atoms with Gasteiger partial charge in [-0.05, 0) is 18.3 Å². The van der Waals surface area contributed by atoms with E-state index in [1.54, 1.807) is 0 Å². The van der Waals surface area contributed by atoms with Gasteiger partial charge in [-0.15, -0.1) is 0 Å². The third kappa shape index (κ3) is 2.88. The van der Waals surface area contributed by atoms with Crippen LogP contribution in [0.25, 0.3) is 0 Å². The second-order valence-electron chi connectivity index (χ2n) is 2.91. The minimum absolute atomic E-state index is 0.384. The van der Waals surface area contributed by atoms with Gasteiger partial charge in [0.15, 0.2) is 0 Å². The molecule has 0 bridgehead atoms. The van der Waals surface area contributed by atoms with Crippen LogP contribution < -0.4 is 0 Å². The highest BCUT2D eigenvalue weighted by molar-refractivity contribution is 4.83. The molecule has 0 N–H and O–H groups in total. The third-order valence-electron chi connectivity index (χ3n) is 2.19. The molecule has 0 saturated carbocycles. The van der Waals surface area contributed by atoms with Gasteiger partial charge in [-0.2, -0.15) is 0 Å². The lowest BCUT2D eigenvalue weighted by molar-refractivity contribution is 0.340. The van der Waals surface area contributed by atoms with Crippen molar-refractivity contribution in [3.8, 4) is 0 Å². The molecule has 0 heteroatoms. The minimum atomic E-state index is 0.384. The molecule has 0 aliphatic heterocycles. The van der Waals surface area contributed by atoms with Crippen LogP contribution in [0.1, 0.15) is 47.0 Å². The molecule has 0 fully saturated rings. The van der Waals surface area contributed by atoms with E-state index in [2.05, 4.69) is 27.2 Å². The molecule has 0 aromatic heterocycles. The Balaban J connectivity index is 3.62. The van der Waals surface area contributed by atoms with Gasteiger partial charge in [-0.25, -0.2) is 0 Å². The molecule has 0 aliphatic rings. The molecule has 1 unspecified atom stereocenters. The van der Waals surface area contributed by atoms with Gasteiger partial charge in [0.25, 0.3) is 0 Å². The Hall–Kier alpha value is 0. The monoisotopic (exact) mass is 126 g/mol. The maximum Gasteiger partial charge on any atom is -0.0143 e. The maximum atomic E-state index is 3.33. The van der Waals surface area contributed by atoms with Gasteiger partial charge in [0.2, 0.25) is 0 Å². The van der Waals surface area contributed by atoms with E-state index in [9.17, 15) is 0 Å². The summed E-state index contributed by atoms with van der Waals surface area (Å²) in [7, 11) is 0. The van der Waals surface area contributed by atoms with Crippen LogP contribution in [0.3, 0.4) is 0 Å². The molecule has 9 heavy (non-hydrogen) atoms. The summed E-state index contributed by atoms with van der Waals surface area (Å²) >= 11 is 0. The van der Waals surface area contributed by atoms with Gasteiger partial charge in [0.05, 0.1) is 0 Å². The van der Waals surface area contributed by atoms with Crippen LogP contribution in [0.4, 0.5) is 0 Å². The second-order valence-corrected chi connectivity index (χ2v) is 2.91. The number of hydrogen-bond donors (Lipinski definition) is 0. The first kappa shape index (κ1) is 9.00. The zero-order valence-electron chi connectivity index (χ0n) is 7.12. The van der Waals surface area contributed by atoms with Crippen molar-refractivity contribution < 1.29 is 0 Å². The van der Waals surface area contributed by atoms with Crippen molar-refractivity contribution in [3.63, 3.8) is 0 Å². The van der Waals surface area contributed by atoms with Crippen molar-refractivity contribution in [1.82, 2.24) is 0 Å². The molecular formula is C9H18. The minimum Gasteiger partial charge on any atom is -0.0654 e. The Morgan fingerprint density at radius 3 is 2.00 bits per heavy atom. The van der Waals surface area contributed by atoms with E-state index >= 15 is 0 Å². The summed E-state index contributed by atoms with van der Waals surface area (Å²) in [5.41, 5.74) is 0.384. The fourth-order valence-corrected chi connectivity index (χ4v) is 1.03. The van der Waals surface area contributed by atoms with Crippen molar-refractivity contribution >= 4 is 0 Å². The molecule has 0 nitrogen and oxygen atoms in total. The smallest absolute Gasteiger partial charge is 0.0143 e. The number of hydrogen-bond acceptors (Lipinski definition) is 0. The summed E-state index contributed by atoms with van der Waals surface area (Å²) in [6.45, 7) is 8.77. The van der Waals surface area contributed by atoms with Crippen LogP contribution in [0, 0.1) is 11.8 Å². The van der Waals surface area contributed by atoms with Gasteiger partial charge >= 0.3 is 0 Å². The molecule has 0 saturated heterocycles. The Kier molecular flexibility index (Phi) is 3.92. The van der Waals surface area contributed by atoms with E-state index in [1.807, 2.05) is 6.92 Å². The van der Waals surface area contributed by atoms with Crippen LogP contribution in [-0.4, -0.2) is 0 Å². The first-order chi connectivity index (χ1) is 4.18. The Bertz CT molecular complexity index is 60.4. The van der Waals surface area contributed by atoms with Crippen molar-refractivity contribution in [2.45, 2.75) is 47.0 Å². The molecule has 0 aliphatic carbocycles. The van der Waals surface area contributed by atoms with Crippen LogP contribution in [-0.2, 0) is 0 Å². The Morgan fingerprint density at radius 1 is 1.33 bits per heavy atom. The SMILES string of the molecule is C[C]C(C)(CC)CCC. The lowest BCUT2D eigenvalue weighted by Crippen LogP contribution is -2.13. The lowest BCUT2D eigenvalue weighted by atomic mass is 9.81. The van der Waals surface area contributed by atoms with E-state index in [1.165, 1.54) is 19.3 Å². The predicted octanol–water partition coefficient (Wildman–Crippen LogP) is 3.30. The molecule has 0 aromatic rings. The fourth-order valence-electron chi connectivity index (χ4n) is 1.03. The Morgan fingerprint density at radius 2 is 1.89 bits per heavy atom. The fraction of sp³-hybridized carbons (Fsp3) is 0.889. The quantitative estimate of drug-likeness (QED) is 0.542. The van der Waals surface area contributed by atoms with Gasteiger partial charge in [-0.3, -0.25) is 0 Å². The van der Waals surface area contributed by atoms with Gasteiger partial charge < -0.3 is 0 Å². The van der Waals surface area contributed by atoms with Crippen LogP contribution in [0.15, 0.2) is 0 Å². The summed E-state index contributed by atoms with van der Waals surface area (Å²) in [5.74, 6) is 0. The maximum absolute atomic E-state index is 3.33. The topological polar surface area (TPSA) is 0 Å². The van der Waals surface area contributed by atoms with E-state index in [4.69, 9.17) is 0 Å². The zero-order chi connectivity index (χ0) is 7.33. The normalized spacial score (nSPS) is 12.0. The van der Waals surface area contributed by atoms with E-state index in [0.29, 0.717) is 5.41 Å². The third-order valence-corrected chi connectivity index (χ3v) is 2.19. The van der Waals surface area contributed by atoms with Crippen molar-refractivity contribution in [2.75, 3.05) is 0 Å². The summed E-state index contributed by atoms with van der Waals surface area (Å²) in [6, 6.07) is 0. The summed E-state index contributed by atoms with van der Waals surface area (Å²) in [5, 5.41) is 0. The molecule has 54 valence electrons. The molecule has 0 heterocycles. The van der Waals surface area contributed by atoms with Crippen molar-refractivity contribution in [2.24, 2.45) is 5.41 Å². The molecule has 0 aromatic carbocycles. The van der Waals surface area contributed by atoms with E-state index < -0.39 is 0 Å². The summed E-state index contributed by atoms with van der Waals surface area (Å²) in [4.78, 5) is 0. The predicted molar refractivity (Wildman–Crippen MR) is 42.2 cm³/mol. The Labute approximate surface area is 59.7 Å². The van der Waals surface area contributed by atoms with Crippen LogP contribution in [0.5, 0.6) is 0 Å². The van der Waals surface area contributed by atoms with E-state index in [0.717, 1.165) is 0 Å². The van der Waals surface area contributed by atoms with E-state index in [-0.39, 0.29) is 0 Å². The molecule has 1 atom stereocenters. The first-order valence-corrected chi connectivity index (χ1v) is 3.87. The highest BCUT2D eigenvalue weighted by Crippen LogP contribution is 2.29. The standard InChI is InChI=1S/C9H18/c1-5-8-9(4,6-2)7-3/h5-6,8H2,1-4H3. The highest BCUT2D eigenvalue weighted by atomic mass is 14.2. The first-order valence-electron chi connectivity index (χ1n) is 3.87. The van der Waals surface area contributed by atoms with Crippen LogP contribution >= 0.6 is 0 Å². The highest BCUT2D eigenvalue weighted by Gasteiger charge is 2.17. The molecule has 0 spiro atoms. The second kappa shape index (κ2) is 3.92. The van der Waals surface area contributed by atoms with Crippen LogP contribution in [0.2, 0.25) is 0 Å². The lowest BCUT2D eigenvalue weighted by Gasteiger charge is -2.24. The molecule has 0 rings (SSSR count). The van der Waals surface area contributed by atoms with Crippen molar-refractivity contribution in [3.05, 3.63) is 6.42 Å². The average molecular weight is 126 g/mol. The molecular weight excluding hydrogens is 108 g/mol. The zero-order valence-corrected chi connectivity index (χ0v) is 7.12. The summed E-state index contributed by atoms with van der Waals surface area (Å²) in [6.07, 6.45) is 7.10. The largest absolute Gasteiger partial charge is 0.0654 e. The van der Waals surface area contributed by atoms with Crippen molar-refractivity contribution in [1.29, 1.82) is 0 Å². The van der Waals surface area contributed by atoms with Gasteiger partial charge in [0.1, 0.15) is 0 Å². The van der Waals surface area contributed by atoms with Gasteiger partial charge in [0, 0.05) is 0 Å². The average Bonchev–Trinajstić information content (AvgIpc) is 1.89. The number of rotatable bonds is 4. The molecule has 2 radical (unpaired) electrons. The van der Waals surface area contributed by atoms with Gasteiger partial charge in [-0.1, -0.05) is 40.5 Å². The molecule has 0 amide bonds. The summed E-state index contributed by atoms with van der Waals surface area (Å²) < 4.78 is 0.